The van der Waals surface area contributed by atoms with E-state index in [9.17, 15) is 34.2 Å². The molecule has 1 saturated heterocycles. The van der Waals surface area contributed by atoms with Crippen molar-refractivity contribution in [2.45, 2.75) is 108 Å². The van der Waals surface area contributed by atoms with E-state index in [1.807, 2.05) is 0 Å². The molecule has 2 bridgehead atoms. The molecule has 4 aliphatic rings. The Kier molecular flexibility index (Phi) is 16.6. The van der Waals surface area contributed by atoms with Gasteiger partial charge in [0, 0.05) is 55.7 Å². The molecule has 2 saturated carbocycles. The van der Waals surface area contributed by atoms with Crippen molar-refractivity contribution >= 4 is 63.3 Å². The van der Waals surface area contributed by atoms with Gasteiger partial charge in [0.05, 0.1) is 29.6 Å². The van der Waals surface area contributed by atoms with Crippen molar-refractivity contribution in [1.29, 1.82) is 0 Å². The lowest BCUT2D eigenvalue weighted by Crippen LogP contribution is -2.82. The first-order valence-corrected chi connectivity index (χ1v) is 26.0. The molecule has 3 fully saturated rings. The molecule has 5 N–H and O–H groups in total. The number of ketones is 1. The highest BCUT2D eigenvalue weighted by molar-refractivity contribution is 8.76. The lowest BCUT2D eigenvalue weighted by Gasteiger charge is -2.67. The minimum Gasteiger partial charge on any atom is -0.455 e. The minimum absolute atomic E-state index is 0.0427. The number of nitrogens with two attached hydrogens (primary N) is 1. The van der Waals surface area contributed by atoms with Gasteiger partial charge >= 0.3 is 30.0 Å². The number of fused-ring (bicyclic) bond motifs is 5. The standard InChI is InChI=1S/C52H60N2O16S2/c1-29-35(67-47(61)41(68-48(62)64-23-25-72-71-24-22-53)39(32-16-10-7-11-17-32)54-45(59)33-18-12-8-13-19-33)27-52(63)44(69-46(60)34-20-14-9-15-21-34)42-50(6,36(57)26-37-51(42,28-65-37)70-31(3)56)43(58)40(66-30(2)55)38(29)49(52,4)5/h7-21,35-37,39-42,44,57,63H,22-28,53H2,1-6H3,(H,54,59)/t35-,36-,37+,39-,40+,41+,42-,44-,50+,51-,52+/m0/s1. The SMILES string of the molecule is CC(=O)O[C@H]1C(=O)[C@@]2(C)[C@H]([C@H](OC(=O)c3ccccc3)[C@]3(O)C[C@H](OC(=O)[C@H](OC(=O)OCCSSCCN)[C@@H](NC(=O)c4ccccc4)c4ccccc4)C(C)=C1C3(C)C)[C@]1(OC(C)=O)CO[C@@H]1C[C@@H]2O. The number of ether oxygens (including phenoxy) is 7. The number of esters is 4. The average Bonchev–Trinajstić information content (AvgIpc) is 3.35. The number of amides is 1. The fourth-order valence-corrected chi connectivity index (χ4v) is 12.4. The summed E-state index contributed by atoms with van der Waals surface area (Å²) in [4.78, 5) is 99.3. The zero-order chi connectivity index (χ0) is 52.2. The van der Waals surface area contributed by atoms with Crippen LogP contribution in [0.15, 0.2) is 102 Å². The molecule has 0 unspecified atom stereocenters. The molecule has 1 amide bonds. The Balaban J connectivity index is 1.39. The third kappa shape index (κ3) is 10.4. The molecule has 3 aromatic rings. The van der Waals surface area contributed by atoms with Gasteiger partial charge in [-0.1, -0.05) is 102 Å². The minimum atomic E-state index is -2.47. The maximum Gasteiger partial charge on any atom is 0.509 e. The lowest BCUT2D eigenvalue weighted by molar-refractivity contribution is -0.346. The second-order valence-electron chi connectivity index (χ2n) is 19.0. The maximum atomic E-state index is 15.7. The van der Waals surface area contributed by atoms with Crippen molar-refractivity contribution in [3.05, 3.63) is 119 Å². The molecular weight excluding hydrogens is 973 g/mol. The highest BCUT2D eigenvalue weighted by Crippen LogP contribution is 2.64. The van der Waals surface area contributed by atoms with Crippen LogP contribution in [0.25, 0.3) is 0 Å². The molecule has 3 aliphatic carbocycles. The Morgan fingerprint density at radius 3 is 2.04 bits per heavy atom. The van der Waals surface area contributed by atoms with E-state index in [-0.39, 0.29) is 41.9 Å². The van der Waals surface area contributed by atoms with E-state index in [0.717, 1.165) is 13.8 Å². The largest absolute Gasteiger partial charge is 0.509 e. The van der Waals surface area contributed by atoms with E-state index in [4.69, 9.17) is 38.9 Å². The summed E-state index contributed by atoms with van der Waals surface area (Å²) < 4.78 is 42.0. The second kappa shape index (κ2) is 22.1. The predicted molar refractivity (Wildman–Crippen MR) is 262 cm³/mol. The van der Waals surface area contributed by atoms with Crippen LogP contribution in [0.3, 0.4) is 0 Å². The highest BCUT2D eigenvalue weighted by Gasteiger charge is 2.78. The van der Waals surface area contributed by atoms with Crippen LogP contribution < -0.4 is 11.1 Å². The fraction of sp³-hybridized carbons (Fsp3) is 0.481. The van der Waals surface area contributed by atoms with Gasteiger partial charge in [-0.05, 0) is 54.8 Å². The van der Waals surface area contributed by atoms with E-state index < -0.39 is 119 Å². The van der Waals surface area contributed by atoms with Crippen LogP contribution in [0.5, 0.6) is 0 Å². The van der Waals surface area contributed by atoms with Crippen molar-refractivity contribution in [2.24, 2.45) is 22.5 Å². The van der Waals surface area contributed by atoms with Crippen molar-refractivity contribution in [3.63, 3.8) is 0 Å². The summed E-state index contributed by atoms with van der Waals surface area (Å²) in [6, 6.07) is 22.6. The third-order valence-corrected chi connectivity index (χ3v) is 16.8. The van der Waals surface area contributed by atoms with E-state index in [2.05, 4.69) is 5.32 Å². The first-order valence-electron chi connectivity index (χ1n) is 23.5. The van der Waals surface area contributed by atoms with Gasteiger partial charge in [0.15, 0.2) is 17.5 Å². The van der Waals surface area contributed by atoms with Gasteiger partial charge in [-0.15, -0.1) is 0 Å². The molecule has 20 heteroatoms. The zero-order valence-electron chi connectivity index (χ0n) is 40.7. The van der Waals surface area contributed by atoms with E-state index in [1.54, 1.807) is 92.7 Å². The van der Waals surface area contributed by atoms with Gasteiger partial charge in [-0.2, -0.15) is 0 Å². The molecule has 0 aromatic heterocycles. The summed E-state index contributed by atoms with van der Waals surface area (Å²) in [6.45, 7) is 8.18. The Morgan fingerprint density at radius 2 is 1.46 bits per heavy atom. The van der Waals surface area contributed by atoms with Crippen LogP contribution in [0, 0.1) is 16.7 Å². The fourth-order valence-electron chi connectivity index (χ4n) is 10.7. The molecular formula is C52H60N2O16S2. The van der Waals surface area contributed by atoms with E-state index >= 15 is 9.59 Å². The number of hydrogen-bond donors (Lipinski definition) is 4. The van der Waals surface area contributed by atoms with Crippen molar-refractivity contribution in [2.75, 3.05) is 31.3 Å². The Labute approximate surface area is 424 Å². The number of aliphatic hydroxyl groups excluding tert-OH is 1. The van der Waals surface area contributed by atoms with E-state index in [1.165, 1.54) is 47.6 Å². The number of nitrogens with one attached hydrogen (secondary N) is 1. The first kappa shape index (κ1) is 54.0. The molecule has 1 heterocycles. The molecule has 11 atom stereocenters. The first-order chi connectivity index (χ1) is 34.2. The van der Waals surface area contributed by atoms with Crippen LogP contribution in [-0.4, -0.2) is 131 Å². The van der Waals surface area contributed by atoms with Gasteiger partial charge in [-0.3, -0.25) is 19.2 Å². The van der Waals surface area contributed by atoms with Crippen LogP contribution >= 0.6 is 21.6 Å². The molecule has 0 spiro atoms. The van der Waals surface area contributed by atoms with Crippen LogP contribution in [-0.2, 0) is 52.3 Å². The predicted octanol–water partition coefficient (Wildman–Crippen LogP) is 5.24. The summed E-state index contributed by atoms with van der Waals surface area (Å²) in [6.07, 6.45) is -12.2. The topological polar surface area (TPSA) is 263 Å². The average molecular weight is 1030 g/mol. The summed E-state index contributed by atoms with van der Waals surface area (Å²) in [7, 11) is 2.87. The van der Waals surface area contributed by atoms with Crippen molar-refractivity contribution in [3.8, 4) is 0 Å². The zero-order valence-corrected chi connectivity index (χ0v) is 42.4. The van der Waals surface area contributed by atoms with Gasteiger partial charge in [0.2, 0.25) is 6.10 Å². The maximum absolute atomic E-state index is 15.7. The molecule has 18 nitrogen and oxygen atoms in total. The second-order valence-corrected chi connectivity index (χ2v) is 21.7. The normalized spacial score (nSPS) is 28.9. The monoisotopic (exact) mass is 1030 g/mol. The van der Waals surface area contributed by atoms with Gasteiger partial charge in [0.25, 0.3) is 5.91 Å². The lowest BCUT2D eigenvalue weighted by atomic mass is 9.44. The number of benzene rings is 3. The number of Topliss-reactive ketones (excluding diaryl/α,β-unsaturated/α-hetero) is 1. The highest BCUT2D eigenvalue weighted by atomic mass is 33.1. The van der Waals surface area contributed by atoms with Crippen molar-refractivity contribution in [1.82, 2.24) is 5.32 Å². The Bertz CT molecular complexity index is 2550. The molecule has 386 valence electrons. The quantitative estimate of drug-likeness (QED) is 0.0443. The third-order valence-electron chi connectivity index (χ3n) is 14.4. The Hall–Kier alpha value is -5.77. The van der Waals surface area contributed by atoms with E-state index in [0.29, 0.717) is 23.6 Å². The van der Waals surface area contributed by atoms with Gasteiger partial charge < -0.3 is 54.4 Å². The smallest absolute Gasteiger partial charge is 0.455 e. The number of carbonyl (C=O) groups is 7. The molecule has 0 radical (unpaired) electrons. The van der Waals surface area contributed by atoms with Gasteiger partial charge in [-0.25, -0.2) is 14.4 Å². The number of aliphatic hydroxyl groups is 2. The summed E-state index contributed by atoms with van der Waals surface area (Å²) >= 11 is 0. The Morgan fingerprint density at radius 1 is 0.847 bits per heavy atom. The molecule has 72 heavy (non-hydrogen) atoms. The van der Waals surface area contributed by atoms with Crippen LogP contribution in [0.2, 0.25) is 0 Å². The summed E-state index contributed by atoms with van der Waals surface area (Å²) in [5.74, 6) is -6.09. The van der Waals surface area contributed by atoms with Crippen LogP contribution in [0.4, 0.5) is 4.79 Å². The van der Waals surface area contributed by atoms with Gasteiger partial charge in [0.1, 0.15) is 36.6 Å². The summed E-state index contributed by atoms with van der Waals surface area (Å²) in [5, 5.41) is 29.0. The number of rotatable bonds is 17. The van der Waals surface area contributed by atoms with Crippen LogP contribution in [0.1, 0.15) is 86.7 Å². The number of hydrogen-bond acceptors (Lipinski definition) is 19. The summed E-state index contributed by atoms with van der Waals surface area (Å²) in [5.41, 5.74) is -1.90. The number of carbonyl (C=O) groups excluding carboxylic acids is 7. The van der Waals surface area contributed by atoms with Crippen molar-refractivity contribution < 1.29 is 76.9 Å². The molecule has 7 rings (SSSR count). The molecule has 3 aromatic carbocycles. The molecule has 1 aliphatic heterocycles.